The van der Waals surface area contributed by atoms with Crippen molar-refractivity contribution in [2.45, 2.75) is 59.7 Å². The minimum absolute atomic E-state index is 0.0231. The van der Waals surface area contributed by atoms with Gasteiger partial charge in [0.15, 0.2) is 0 Å². The molecule has 1 saturated heterocycles. The van der Waals surface area contributed by atoms with Gasteiger partial charge < -0.3 is 9.80 Å². The van der Waals surface area contributed by atoms with Gasteiger partial charge in [-0.1, -0.05) is 27.7 Å². The normalized spacial score (nSPS) is 23.9. The molecule has 19 heavy (non-hydrogen) atoms. The molecule has 0 aromatic carbocycles. The number of nitrogens with zero attached hydrogens (tertiary/aromatic N) is 2. The molecular weight excluding hydrogens is 238 g/mol. The third-order valence-corrected chi connectivity index (χ3v) is 3.81. The molecule has 0 bridgehead atoms. The van der Waals surface area contributed by atoms with Crippen LogP contribution in [0.4, 0.5) is 0 Å². The quantitative estimate of drug-likeness (QED) is 0.731. The van der Waals surface area contributed by atoms with Crippen LogP contribution in [0.25, 0.3) is 0 Å². The van der Waals surface area contributed by atoms with Crippen LogP contribution in [0.3, 0.4) is 0 Å². The van der Waals surface area contributed by atoms with E-state index >= 15 is 0 Å². The summed E-state index contributed by atoms with van der Waals surface area (Å²) in [6, 6.07) is -0.0231. The number of carbonyl (C=O) groups is 1. The van der Waals surface area contributed by atoms with Crippen LogP contribution in [0.5, 0.6) is 0 Å². The summed E-state index contributed by atoms with van der Waals surface area (Å²) < 4.78 is 0. The molecular formula is C15H31N3O. The third kappa shape index (κ3) is 4.77. The van der Waals surface area contributed by atoms with Gasteiger partial charge in [0.05, 0.1) is 12.2 Å². The van der Waals surface area contributed by atoms with Gasteiger partial charge in [0.2, 0.25) is 5.91 Å². The molecule has 0 aromatic heterocycles. The van der Waals surface area contributed by atoms with Gasteiger partial charge in [-0.05, 0) is 38.8 Å². The van der Waals surface area contributed by atoms with Gasteiger partial charge in [0.1, 0.15) is 0 Å². The Morgan fingerprint density at radius 1 is 1.32 bits per heavy atom. The van der Waals surface area contributed by atoms with Crippen LogP contribution in [0.2, 0.25) is 0 Å². The molecule has 1 rings (SSSR count). The van der Waals surface area contributed by atoms with E-state index in [1.54, 1.807) is 0 Å². The van der Waals surface area contributed by atoms with E-state index < -0.39 is 0 Å². The number of carbonyl (C=O) groups excluding carboxylic acids is 1. The van der Waals surface area contributed by atoms with Crippen molar-refractivity contribution in [1.29, 1.82) is 0 Å². The summed E-state index contributed by atoms with van der Waals surface area (Å²) >= 11 is 0. The smallest absolute Gasteiger partial charge is 0.240 e. The molecule has 0 aliphatic carbocycles. The van der Waals surface area contributed by atoms with Crippen LogP contribution >= 0.6 is 0 Å². The highest BCUT2D eigenvalue weighted by atomic mass is 16.2. The highest BCUT2D eigenvalue weighted by Gasteiger charge is 2.35. The van der Waals surface area contributed by atoms with E-state index in [-0.39, 0.29) is 18.1 Å². The van der Waals surface area contributed by atoms with Crippen LogP contribution in [0.15, 0.2) is 0 Å². The lowest BCUT2D eigenvalue weighted by Crippen LogP contribution is -2.43. The summed E-state index contributed by atoms with van der Waals surface area (Å²) in [4.78, 5) is 16.7. The van der Waals surface area contributed by atoms with Gasteiger partial charge in [0, 0.05) is 13.1 Å². The molecule has 4 heteroatoms. The predicted molar refractivity (Wildman–Crippen MR) is 80.0 cm³/mol. The van der Waals surface area contributed by atoms with E-state index in [1.807, 2.05) is 11.8 Å². The van der Waals surface area contributed by atoms with Crippen molar-refractivity contribution in [1.82, 2.24) is 15.1 Å². The summed E-state index contributed by atoms with van der Waals surface area (Å²) in [5.74, 6) is 0.870. The molecule has 1 fully saturated rings. The number of hydrogen-bond acceptors (Lipinski definition) is 3. The summed E-state index contributed by atoms with van der Waals surface area (Å²) in [6.45, 7) is 14.8. The third-order valence-electron chi connectivity index (χ3n) is 3.81. The Morgan fingerprint density at radius 2 is 2.00 bits per heavy atom. The van der Waals surface area contributed by atoms with Crippen molar-refractivity contribution in [3.8, 4) is 0 Å². The van der Waals surface area contributed by atoms with Gasteiger partial charge in [0.25, 0.3) is 0 Å². The first kappa shape index (κ1) is 16.4. The number of nitrogens with one attached hydrogen (secondary N) is 1. The van der Waals surface area contributed by atoms with Gasteiger partial charge in [-0.25, -0.2) is 0 Å². The van der Waals surface area contributed by atoms with E-state index in [4.69, 9.17) is 0 Å². The zero-order chi connectivity index (χ0) is 14.4. The van der Waals surface area contributed by atoms with Crippen molar-refractivity contribution in [2.24, 2.45) is 5.92 Å². The van der Waals surface area contributed by atoms with Crippen LogP contribution < -0.4 is 5.32 Å². The second-order valence-corrected chi connectivity index (χ2v) is 6.00. The Kier molecular flexibility index (Phi) is 6.80. The number of hydrogen-bond donors (Lipinski definition) is 1. The molecule has 1 heterocycles. The van der Waals surface area contributed by atoms with Crippen LogP contribution in [0, 0.1) is 5.92 Å². The molecule has 0 saturated carbocycles. The van der Waals surface area contributed by atoms with Gasteiger partial charge in [-0.15, -0.1) is 0 Å². The monoisotopic (exact) mass is 269 g/mol. The van der Waals surface area contributed by atoms with E-state index in [0.29, 0.717) is 5.92 Å². The Bertz CT molecular complexity index is 281. The lowest BCUT2D eigenvalue weighted by atomic mass is 10.1. The van der Waals surface area contributed by atoms with E-state index in [2.05, 4.69) is 37.9 Å². The second kappa shape index (κ2) is 7.85. The van der Waals surface area contributed by atoms with E-state index in [1.165, 1.54) is 6.42 Å². The average Bonchev–Trinajstić information content (AvgIpc) is 2.60. The first-order valence-corrected chi connectivity index (χ1v) is 7.78. The fraction of sp³-hybridized carbons (Fsp3) is 0.933. The maximum Gasteiger partial charge on any atom is 0.240 e. The molecule has 2 atom stereocenters. The summed E-state index contributed by atoms with van der Waals surface area (Å²) in [7, 11) is 0. The first-order valence-electron chi connectivity index (χ1n) is 7.78. The maximum atomic E-state index is 12.2. The van der Waals surface area contributed by atoms with Crippen LogP contribution in [0.1, 0.15) is 47.5 Å². The second-order valence-electron chi connectivity index (χ2n) is 6.00. The summed E-state index contributed by atoms with van der Waals surface area (Å²) in [6.07, 6.45) is 2.44. The average molecular weight is 269 g/mol. The first-order chi connectivity index (χ1) is 8.99. The van der Waals surface area contributed by atoms with E-state index in [9.17, 15) is 4.79 Å². The Balaban J connectivity index is 2.54. The number of amides is 1. The minimum Gasteiger partial charge on any atom is -0.325 e. The molecule has 0 radical (unpaired) electrons. The van der Waals surface area contributed by atoms with Crippen molar-refractivity contribution in [3.63, 3.8) is 0 Å². The molecule has 4 nitrogen and oxygen atoms in total. The molecule has 112 valence electrons. The maximum absolute atomic E-state index is 12.2. The highest BCUT2D eigenvalue weighted by molar-refractivity contribution is 5.83. The standard InChI is InChI=1S/C15H31N3O/c1-6-8-17(7-2)9-10-18-14(11-12(3)4)16-13(5)15(18)19/h12-14,16H,6-11H2,1-5H3. The lowest BCUT2D eigenvalue weighted by molar-refractivity contribution is -0.130. The van der Waals surface area contributed by atoms with Crippen molar-refractivity contribution in [3.05, 3.63) is 0 Å². The van der Waals surface area contributed by atoms with Crippen molar-refractivity contribution >= 4 is 5.91 Å². The van der Waals surface area contributed by atoms with Gasteiger partial charge in [-0.3, -0.25) is 10.1 Å². The molecule has 1 N–H and O–H groups in total. The van der Waals surface area contributed by atoms with Gasteiger partial charge >= 0.3 is 0 Å². The van der Waals surface area contributed by atoms with Crippen molar-refractivity contribution in [2.75, 3.05) is 26.2 Å². The minimum atomic E-state index is -0.0231. The summed E-state index contributed by atoms with van der Waals surface area (Å²) in [5.41, 5.74) is 0. The predicted octanol–water partition coefficient (Wildman–Crippen LogP) is 1.91. The number of rotatable bonds is 8. The fourth-order valence-electron chi connectivity index (χ4n) is 2.75. The van der Waals surface area contributed by atoms with Crippen LogP contribution in [-0.2, 0) is 4.79 Å². The highest BCUT2D eigenvalue weighted by Crippen LogP contribution is 2.17. The Labute approximate surface area is 118 Å². The molecule has 1 aliphatic heterocycles. The molecule has 1 amide bonds. The topological polar surface area (TPSA) is 35.6 Å². The largest absolute Gasteiger partial charge is 0.325 e. The Hall–Kier alpha value is -0.610. The molecule has 1 aliphatic rings. The lowest BCUT2D eigenvalue weighted by Gasteiger charge is -2.28. The number of likely N-dealkylation sites (N-methyl/N-ethyl adjacent to an activating group) is 1. The SMILES string of the molecule is CCCN(CC)CCN1C(=O)C(C)NC1CC(C)C. The Morgan fingerprint density at radius 3 is 2.53 bits per heavy atom. The molecule has 2 unspecified atom stereocenters. The fourth-order valence-corrected chi connectivity index (χ4v) is 2.75. The molecule has 0 spiro atoms. The zero-order valence-electron chi connectivity index (χ0n) is 13.3. The van der Waals surface area contributed by atoms with E-state index in [0.717, 1.165) is 32.6 Å². The van der Waals surface area contributed by atoms with Crippen LogP contribution in [-0.4, -0.2) is 54.1 Å². The van der Waals surface area contributed by atoms with Crippen molar-refractivity contribution < 1.29 is 4.79 Å². The molecule has 0 aromatic rings. The zero-order valence-corrected chi connectivity index (χ0v) is 13.3. The van der Waals surface area contributed by atoms with Gasteiger partial charge in [-0.2, -0.15) is 0 Å². The summed E-state index contributed by atoms with van der Waals surface area (Å²) in [5, 5.41) is 3.42.